The highest BCUT2D eigenvalue weighted by Crippen LogP contribution is 2.48. The summed E-state index contributed by atoms with van der Waals surface area (Å²) in [7, 11) is 3.52. The highest BCUT2D eigenvalue weighted by molar-refractivity contribution is 6.10. The first-order chi connectivity index (χ1) is 14.3. The van der Waals surface area contributed by atoms with Crippen molar-refractivity contribution >= 4 is 21.5 Å². The van der Waals surface area contributed by atoms with Crippen molar-refractivity contribution in [2.75, 3.05) is 20.8 Å². The van der Waals surface area contributed by atoms with Gasteiger partial charge in [0.1, 0.15) is 11.5 Å². The summed E-state index contributed by atoms with van der Waals surface area (Å²) < 4.78 is 12.0. The van der Waals surface area contributed by atoms with Crippen molar-refractivity contribution in [3.63, 3.8) is 0 Å². The van der Waals surface area contributed by atoms with Gasteiger partial charge in [-0.25, -0.2) is 0 Å². The van der Waals surface area contributed by atoms with Gasteiger partial charge in [0.25, 0.3) is 0 Å². The van der Waals surface area contributed by atoms with Crippen LogP contribution in [0.5, 0.6) is 11.5 Å². The fourth-order valence-electron chi connectivity index (χ4n) is 4.71. The lowest BCUT2D eigenvalue weighted by Gasteiger charge is -2.23. The van der Waals surface area contributed by atoms with Gasteiger partial charge in [-0.15, -0.1) is 0 Å². The van der Waals surface area contributed by atoms with Crippen LogP contribution in [-0.4, -0.2) is 20.8 Å². The van der Waals surface area contributed by atoms with Gasteiger partial charge in [0.2, 0.25) is 0 Å². The lowest BCUT2D eigenvalue weighted by Crippen LogP contribution is -2.14. The lowest BCUT2D eigenvalue weighted by molar-refractivity contribution is 0.403. The minimum absolute atomic E-state index is 0.314. The Morgan fingerprint density at radius 3 is 2.21 bits per heavy atom. The van der Waals surface area contributed by atoms with E-state index in [1.807, 2.05) is 0 Å². The third-order valence-electron chi connectivity index (χ3n) is 6.03. The van der Waals surface area contributed by atoms with Gasteiger partial charge in [-0.1, -0.05) is 54.6 Å². The van der Waals surface area contributed by atoms with E-state index in [4.69, 9.17) is 9.47 Å². The number of benzene rings is 4. The van der Waals surface area contributed by atoms with Gasteiger partial charge in [0, 0.05) is 22.7 Å². The molecule has 4 aromatic carbocycles. The Bertz CT molecular complexity index is 1190. The summed E-state index contributed by atoms with van der Waals surface area (Å²) in [6.45, 7) is 1.05. The van der Waals surface area contributed by atoms with Crippen LogP contribution >= 0.6 is 0 Å². The Labute approximate surface area is 171 Å². The number of fused-ring (bicyclic) bond motifs is 2. The smallest absolute Gasteiger partial charge is 0.132 e. The molecule has 0 aliphatic carbocycles. The van der Waals surface area contributed by atoms with Crippen LogP contribution in [0, 0.1) is 0 Å². The summed E-state index contributed by atoms with van der Waals surface area (Å²) in [4.78, 5) is 0. The molecule has 0 aromatic heterocycles. The Morgan fingerprint density at radius 1 is 0.793 bits per heavy atom. The second-order valence-corrected chi connectivity index (χ2v) is 7.61. The third-order valence-corrected chi connectivity index (χ3v) is 6.03. The van der Waals surface area contributed by atoms with E-state index in [9.17, 15) is 0 Å². The minimum Gasteiger partial charge on any atom is -0.496 e. The lowest BCUT2D eigenvalue weighted by atomic mass is 9.88. The van der Waals surface area contributed by atoms with Crippen molar-refractivity contribution in [3.8, 4) is 22.6 Å². The van der Waals surface area contributed by atoms with E-state index in [0.29, 0.717) is 6.04 Å². The molecule has 1 aliphatic heterocycles. The first kappa shape index (κ1) is 18.0. The quantitative estimate of drug-likeness (QED) is 0.462. The largest absolute Gasteiger partial charge is 0.496 e. The van der Waals surface area contributed by atoms with Gasteiger partial charge in [-0.3, -0.25) is 0 Å². The van der Waals surface area contributed by atoms with E-state index in [1.165, 1.54) is 33.5 Å². The number of hydrogen-bond donors (Lipinski definition) is 1. The van der Waals surface area contributed by atoms with Gasteiger partial charge < -0.3 is 14.8 Å². The van der Waals surface area contributed by atoms with Gasteiger partial charge >= 0.3 is 0 Å². The molecular formula is C26H25NO2. The highest BCUT2D eigenvalue weighted by atomic mass is 16.5. The predicted molar refractivity (Wildman–Crippen MR) is 120 cm³/mol. The summed E-state index contributed by atoms with van der Waals surface area (Å²) in [5.74, 6) is 1.81. The summed E-state index contributed by atoms with van der Waals surface area (Å²) in [5.41, 5.74) is 3.44. The molecule has 1 fully saturated rings. The molecule has 1 saturated heterocycles. The average molecular weight is 383 g/mol. The molecule has 146 valence electrons. The summed E-state index contributed by atoms with van der Waals surface area (Å²) in [6.07, 6.45) is 2.31. The molecule has 0 bridgehead atoms. The predicted octanol–water partition coefficient (Wildman–Crippen LogP) is 6.10. The topological polar surface area (TPSA) is 30.5 Å². The molecule has 1 N–H and O–H groups in total. The number of rotatable bonds is 4. The number of nitrogens with one attached hydrogen (secondary N) is 1. The molecule has 4 aromatic rings. The molecule has 3 heteroatoms. The van der Waals surface area contributed by atoms with Crippen molar-refractivity contribution in [2.45, 2.75) is 18.9 Å². The molecule has 1 aliphatic rings. The first-order valence-electron chi connectivity index (χ1n) is 10.2. The van der Waals surface area contributed by atoms with E-state index < -0.39 is 0 Å². The van der Waals surface area contributed by atoms with Crippen molar-refractivity contribution in [1.29, 1.82) is 0 Å². The second kappa shape index (κ2) is 7.41. The Balaban J connectivity index is 1.94. The van der Waals surface area contributed by atoms with Crippen molar-refractivity contribution in [1.82, 2.24) is 5.32 Å². The molecule has 0 amide bonds. The molecule has 0 unspecified atom stereocenters. The molecule has 1 heterocycles. The molecule has 3 nitrogen and oxygen atoms in total. The highest BCUT2D eigenvalue weighted by Gasteiger charge is 2.26. The zero-order valence-corrected chi connectivity index (χ0v) is 16.9. The van der Waals surface area contributed by atoms with Gasteiger partial charge in [-0.2, -0.15) is 0 Å². The Kier molecular flexibility index (Phi) is 4.61. The molecule has 0 spiro atoms. The fraction of sp³-hybridized carbons (Fsp3) is 0.231. The van der Waals surface area contributed by atoms with Gasteiger partial charge in [0.15, 0.2) is 0 Å². The molecular weight excluding hydrogens is 358 g/mol. The molecule has 1 atom stereocenters. The van der Waals surface area contributed by atoms with Crippen LogP contribution in [-0.2, 0) is 0 Å². The maximum Gasteiger partial charge on any atom is 0.132 e. The van der Waals surface area contributed by atoms with Crippen molar-refractivity contribution in [3.05, 3.63) is 72.3 Å². The average Bonchev–Trinajstić information content (AvgIpc) is 3.32. The van der Waals surface area contributed by atoms with Crippen LogP contribution < -0.4 is 14.8 Å². The maximum absolute atomic E-state index is 6.10. The van der Waals surface area contributed by atoms with E-state index in [-0.39, 0.29) is 0 Å². The SMILES string of the molecule is COc1ccc2ccccc2c1-c1c(OC)c([C@H]2CCCN2)cc2ccccc12. The van der Waals surface area contributed by atoms with Crippen LogP contribution in [0.2, 0.25) is 0 Å². The van der Waals surface area contributed by atoms with E-state index in [0.717, 1.165) is 35.6 Å². The zero-order chi connectivity index (χ0) is 19.8. The van der Waals surface area contributed by atoms with Crippen LogP contribution in [0.1, 0.15) is 24.4 Å². The number of methoxy groups -OCH3 is 2. The van der Waals surface area contributed by atoms with Crippen LogP contribution in [0.25, 0.3) is 32.7 Å². The molecule has 29 heavy (non-hydrogen) atoms. The fourth-order valence-corrected chi connectivity index (χ4v) is 4.71. The third kappa shape index (κ3) is 2.93. The van der Waals surface area contributed by atoms with E-state index in [1.54, 1.807) is 14.2 Å². The van der Waals surface area contributed by atoms with Gasteiger partial charge in [-0.05, 0) is 53.1 Å². The monoisotopic (exact) mass is 383 g/mol. The van der Waals surface area contributed by atoms with Crippen molar-refractivity contribution < 1.29 is 9.47 Å². The molecule has 5 rings (SSSR count). The van der Waals surface area contributed by atoms with Gasteiger partial charge in [0.05, 0.1) is 14.2 Å². The number of hydrogen-bond acceptors (Lipinski definition) is 3. The van der Waals surface area contributed by atoms with E-state index >= 15 is 0 Å². The van der Waals surface area contributed by atoms with E-state index in [2.05, 4.69) is 72.0 Å². The first-order valence-corrected chi connectivity index (χ1v) is 10.2. The summed E-state index contributed by atoms with van der Waals surface area (Å²) in [5, 5.41) is 8.42. The Hall–Kier alpha value is -3.04. The Morgan fingerprint density at radius 2 is 1.52 bits per heavy atom. The normalized spacial score (nSPS) is 16.4. The molecule has 0 saturated carbocycles. The second-order valence-electron chi connectivity index (χ2n) is 7.61. The maximum atomic E-state index is 6.10. The van der Waals surface area contributed by atoms with Crippen LogP contribution in [0.4, 0.5) is 0 Å². The van der Waals surface area contributed by atoms with Crippen LogP contribution in [0.3, 0.4) is 0 Å². The van der Waals surface area contributed by atoms with Crippen molar-refractivity contribution in [2.24, 2.45) is 0 Å². The zero-order valence-electron chi connectivity index (χ0n) is 16.9. The minimum atomic E-state index is 0.314. The van der Waals surface area contributed by atoms with Crippen LogP contribution in [0.15, 0.2) is 66.7 Å². The summed E-state index contributed by atoms with van der Waals surface area (Å²) >= 11 is 0. The molecule has 0 radical (unpaired) electrons. The summed E-state index contributed by atoms with van der Waals surface area (Å²) in [6, 6.07) is 23.8. The standard InChI is InChI=1S/C26H25NO2/c1-28-23-14-13-17-8-3-5-10-19(17)24(23)25-20-11-6-4-9-18(20)16-21(26(25)29-2)22-12-7-15-27-22/h3-6,8-11,13-14,16,22,27H,7,12,15H2,1-2H3/t22-/m1/s1. The number of ether oxygens (including phenoxy) is 2.